The van der Waals surface area contributed by atoms with E-state index in [9.17, 15) is 23.6 Å². The summed E-state index contributed by atoms with van der Waals surface area (Å²) in [4.78, 5) is 58.3. The number of aromatic nitrogens is 3. The summed E-state index contributed by atoms with van der Waals surface area (Å²) in [6, 6.07) is 13.4. The van der Waals surface area contributed by atoms with E-state index in [4.69, 9.17) is 10.5 Å². The fourth-order valence-corrected chi connectivity index (χ4v) is 7.34. The number of carbonyl (C=O) groups is 3. The predicted molar refractivity (Wildman–Crippen MR) is 188 cm³/mol. The molecule has 3 amide bonds. The SMILES string of the molecule is Nc1cc(C23CC(C2)C3)cnc1C(=O)NCCOCCNCC(=O)N1CCN(C(=O)c2cc(Cc3n[nH]c(=O)c4ccccc34)ccc2F)CC1. The maximum Gasteiger partial charge on any atom is 0.272 e. The van der Waals surface area contributed by atoms with Gasteiger partial charge in [-0.2, -0.15) is 5.10 Å². The van der Waals surface area contributed by atoms with Crippen LogP contribution in [0.4, 0.5) is 10.1 Å². The van der Waals surface area contributed by atoms with Gasteiger partial charge in [0.2, 0.25) is 5.91 Å². The molecule has 51 heavy (non-hydrogen) atoms. The summed E-state index contributed by atoms with van der Waals surface area (Å²) in [7, 11) is 0. The quantitative estimate of drug-likeness (QED) is 0.152. The van der Waals surface area contributed by atoms with E-state index in [2.05, 4.69) is 25.8 Å². The lowest BCUT2D eigenvalue weighted by molar-refractivity contribution is -0.131. The number of fused-ring (bicyclic) bond motifs is 1. The number of halogens is 1. The van der Waals surface area contributed by atoms with Crippen molar-refractivity contribution in [3.8, 4) is 0 Å². The van der Waals surface area contributed by atoms with Crippen LogP contribution in [0.25, 0.3) is 10.8 Å². The summed E-state index contributed by atoms with van der Waals surface area (Å²) < 4.78 is 20.4. The van der Waals surface area contributed by atoms with Gasteiger partial charge in [0.05, 0.1) is 42.1 Å². The van der Waals surface area contributed by atoms with Crippen molar-refractivity contribution in [1.29, 1.82) is 0 Å². The zero-order chi connectivity index (χ0) is 35.5. The third kappa shape index (κ3) is 7.19. The van der Waals surface area contributed by atoms with E-state index in [-0.39, 0.29) is 53.7 Å². The van der Waals surface area contributed by atoms with Crippen molar-refractivity contribution in [2.75, 3.05) is 64.8 Å². The topological polar surface area (TPSA) is 176 Å². The number of nitrogens with one attached hydrogen (secondary N) is 3. The first-order valence-corrected chi connectivity index (χ1v) is 17.4. The number of piperazine rings is 1. The number of benzene rings is 2. The Labute approximate surface area is 293 Å². The van der Waals surface area contributed by atoms with Crippen molar-refractivity contribution in [3.63, 3.8) is 0 Å². The molecule has 4 aromatic rings. The van der Waals surface area contributed by atoms with Gasteiger partial charge in [0, 0.05) is 57.3 Å². The molecule has 2 bridgehead atoms. The first kappa shape index (κ1) is 34.2. The molecular weight excluding hydrogens is 655 g/mol. The number of aromatic amines is 1. The summed E-state index contributed by atoms with van der Waals surface area (Å²) >= 11 is 0. The Kier molecular flexibility index (Phi) is 9.78. The van der Waals surface area contributed by atoms with Crippen LogP contribution in [0.3, 0.4) is 0 Å². The number of anilines is 1. The fourth-order valence-electron chi connectivity index (χ4n) is 7.34. The van der Waals surface area contributed by atoms with E-state index in [0.717, 1.165) is 11.5 Å². The largest absolute Gasteiger partial charge is 0.397 e. The van der Waals surface area contributed by atoms with E-state index in [1.807, 2.05) is 18.2 Å². The molecule has 1 saturated heterocycles. The monoisotopic (exact) mass is 696 g/mol. The van der Waals surface area contributed by atoms with Crippen LogP contribution in [0.1, 0.15) is 56.9 Å². The molecule has 0 unspecified atom stereocenters. The summed E-state index contributed by atoms with van der Waals surface area (Å²) in [5.74, 6) is -0.656. The highest BCUT2D eigenvalue weighted by atomic mass is 19.1. The molecule has 2 aromatic carbocycles. The number of nitrogens with two attached hydrogens (primary N) is 1. The number of amides is 3. The highest BCUT2D eigenvalue weighted by Gasteiger charge is 2.57. The van der Waals surface area contributed by atoms with Gasteiger partial charge in [-0.1, -0.05) is 24.3 Å². The molecule has 1 aliphatic heterocycles. The Morgan fingerprint density at radius 2 is 1.71 bits per heavy atom. The van der Waals surface area contributed by atoms with Gasteiger partial charge in [-0.15, -0.1) is 0 Å². The summed E-state index contributed by atoms with van der Waals surface area (Å²) in [6.07, 6.45) is 5.67. The zero-order valence-electron chi connectivity index (χ0n) is 28.3. The fraction of sp³-hybridized carbons (Fsp3) is 0.405. The van der Waals surface area contributed by atoms with Crippen LogP contribution >= 0.6 is 0 Å². The molecule has 2 aromatic heterocycles. The van der Waals surface area contributed by atoms with Crippen LogP contribution < -0.4 is 21.9 Å². The average molecular weight is 697 g/mol. The molecule has 0 radical (unpaired) electrons. The number of rotatable bonds is 13. The van der Waals surface area contributed by atoms with Crippen LogP contribution in [-0.4, -0.2) is 102 Å². The maximum atomic E-state index is 14.9. The second-order valence-electron chi connectivity index (χ2n) is 13.7. The van der Waals surface area contributed by atoms with Gasteiger partial charge in [0.15, 0.2) is 5.69 Å². The zero-order valence-corrected chi connectivity index (χ0v) is 28.3. The minimum atomic E-state index is -0.623. The van der Waals surface area contributed by atoms with E-state index < -0.39 is 11.7 Å². The van der Waals surface area contributed by atoms with Crippen LogP contribution in [0.5, 0.6) is 0 Å². The summed E-state index contributed by atoms with van der Waals surface area (Å²) in [5, 5.41) is 13.8. The minimum absolute atomic E-state index is 0.0446. The molecule has 3 saturated carbocycles. The molecule has 4 aliphatic rings. The van der Waals surface area contributed by atoms with Gasteiger partial charge in [-0.05, 0) is 66.0 Å². The molecule has 5 N–H and O–H groups in total. The Bertz CT molecular complexity index is 2010. The number of ether oxygens (including phenoxy) is 1. The lowest BCUT2D eigenvalue weighted by Crippen LogP contribution is -2.55. The number of hydrogen-bond donors (Lipinski definition) is 4. The van der Waals surface area contributed by atoms with Gasteiger partial charge in [-0.3, -0.25) is 19.2 Å². The first-order chi connectivity index (χ1) is 24.7. The first-order valence-electron chi connectivity index (χ1n) is 17.4. The standard InChI is InChI=1S/C37H41FN8O5/c38-29-6-5-23(16-31-26-3-1-2-4-27(26)34(48)44-43-31)15-28(29)36(50)46-11-9-45(10-12-46)32(47)22-40-7-13-51-14-8-41-35(49)33-30(39)17-25(21-42-33)37-18-24(19-37)20-37/h1-6,15,17,21,24,40H,7-14,16,18-20,22,39H2,(H,41,49)(H,44,48). The predicted octanol–water partition coefficient (Wildman–Crippen LogP) is 2.00. The Morgan fingerprint density at radius 1 is 0.980 bits per heavy atom. The highest BCUT2D eigenvalue weighted by Crippen LogP contribution is 2.65. The smallest absolute Gasteiger partial charge is 0.272 e. The van der Waals surface area contributed by atoms with Crippen molar-refractivity contribution < 1.29 is 23.5 Å². The third-order valence-corrected chi connectivity index (χ3v) is 10.3. The maximum absolute atomic E-state index is 14.9. The minimum Gasteiger partial charge on any atom is -0.397 e. The highest BCUT2D eigenvalue weighted by molar-refractivity contribution is 5.97. The number of carbonyl (C=O) groups excluding carboxylic acids is 3. The molecule has 3 heterocycles. The molecule has 266 valence electrons. The lowest BCUT2D eigenvalue weighted by atomic mass is 9.42. The van der Waals surface area contributed by atoms with E-state index >= 15 is 0 Å². The van der Waals surface area contributed by atoms with E-state index in [0.29, 0.717) is 73.5 Å². The van der Waals surface area contributed by atoms with Crippen molar-refractivity contribution in [2.24, 2.45) is 5.92 Å². The lowest BCUT2D eigenvalue weighted by Gasteiger charge is -2.62. The van der Waals surface area contributed by atoms with E-state index in [1.165, 1.54) is 31.4 Å². The molecule has 4 fully saturated rings. The molecule has 3 aliphatic carbocycles. The van der Waals surface area contributed by atoms with Crippen LogP contribution in [0.15, 0.2) is 59.5 Å². The van der Waals surface area contributed by atoms with Gasteiger partial charge in [0.1, 0.15) is 5.82 Å². The van der Waals surface area contributed by atoms with Crippen molar-refractivity contribution >= 4 is 34.2 Å². The van der Waals surface area contributed by atoms with Crippen molar-refractivity contribution in [3.05, 3.63) is 99.0 Å². The van der Waals surface area contributed by atoms with Crippen LogP contribution in [0, 0.1) is 11.7 Å². The Morgan fingerprint density at radius 3 is 2.43 bits per heavy atom. The Hall–Kier alpha value is -5.21. The van der Waals surface area contributed by atoms with Crippen molar-refractivity contribution in [1.82, 2.24) is 35.6 Å². The normalized spacial score (nSPS) is 19.4. The molecule has 13 nitrogen and oxygen atoms in total. The van der Waals surface area contributed by atoms with Crippen molar-refractivity contribution in [2.45, 2.75) is 31.1 Å². The van der Waals surface area contributed by atoms with Gasteiger partial charge < -0.3 is 30.9 Å². The average Bonchev–Trinajstić information content (AvgIpc) is 3.10. The summed E-state index contributed by atoms with van der Waals surface area (Å²) in [6.45, 7) is 2.72. The number of hydrogen-bond acceptors (Lipinski definition) is 9. The number of H-pyrrole nitrogens is 1. The second kappa shape index (κ2) is 14.6. The molecule has 8 rings (SSSR count). The Balaban J connectivity index is 0.795. The number of nitrogens with zero attached hydrogens (tertiary/aromatic N) is 4. The number of nitrogen functional groups attached to an aromatic ring is 1. The van der Waals surface area contributed by atoms with Gasteiger partial charge in [-0.25, -0.2) is 14.5 Å². The van der Waals surface area contributed by atoms with Crippen LogP contribution in [0.2, 0.25) is 0 Å². The molecule has 0 atom stereocenters. The molecule has 0 spiro atoms. The second-order valence-corrected chi connectivity index (χ2v) is 13.7. The number of pyridine rings is 1. The van der Waals surface area contributed by atoms with Gasteiger partial charge in [0.25, 0.3) is 17.4 Å². The summed E-state index contributed by atoms with van der Waals surface area (Å²) in [5.41, 5.74) is 9.09. The third-order valence-electron chi connectivity index (χ3n) is 10.3. The van der Waals surface area contributed by atoms with E-state index in [1.54, 1.807) is 34.2 Å². The van der Waals surface area contributed by atoms with Gasteiger partial charge >= 0.3 is 0 Å². The molecule has 14 heteroatoms. The molecular formula is C37H41FN8O5. The van der Waals surface area contributed by atoms with Crippen LogP contribution in [-0.2, 0) is 21.4 Å².